The van der Waals surface area contributed by atoms with Crippen molar-refractivity contribution >= 4 is 51.2 Å². The van der Waals surface area contributed by atoms with Gasteiger partial charge in [0.1, 0.15) is 0 Å². The molecule has 11 heteroatoms. The van der Waals surface area contributed by atoms with E-state index >= 15 is 0 Å². The van der Waals surface area contributed by atoms with Gasteiger partial charge in [-0.05, 0) is 42.5 Å². The van der Waals surface area contributed by atoms with Gasteiger partial charge in [-0.2, -0.15) is 0 Å². The van der Waals surface area contributed by atoms with E-state index in [1.807, 2.05) is 0 Å². The fourth-order valence-electron chi connectivity index (χ4n) is 2.69. The number of ether oxygens (including phenoxy) is 3. The van der Waals surface area contributed by atoms with Crippen LogP contribution >= 0.6 is 23.1 Å². The summed E-state index contributed by atoms with van der Waals surface area (Å²) in [6.45, 7) is 3.25. The van der Waals surface area contributed by atoms with E-state index in [0.717, 1.165) is 0 Å². The van der Waals surface area contributed by atoms with E-state index in [-0.39, 0.29) is 11.7 Å². The number of anilines is 1. The maximum atomic E-state index is 12.3. The first-order valence-corrected chi connectivity index (χ1v) is 10.3. The van der Waals surface area contributed by atoms with Gasteiger partial charge < -0.3 is 14.2 Å². The Morgan fingerprint density at radius 1 is 1.20 bits per heavy atom. The number of nitrogens with zero attached hydrogens (tertiary/aromatic N) is 2. The second-order valence-corrected chi connectivity index (χ2v) is 8.07. The van der Waals surface area contributed by atoms with Gasteiger partial charge in [0.05, 0.1) is 36.8 Å². The Morgan fingerprint density at radius 3 is 2.40 bits per heavy atom. The zero-order valence-electron chi connectivity index (χ0n) is 17.0. The Bertz CT molecular complexity index is 1040. The molecule has 1 fully saturated rings. The van der Waals surface area contributed by atoms with Crippen molar-refractivity contribution in [2.75, 3.05) is 26.8 Å². The zero-order valence-corrected chi connectivity index (χ0v) is 18.6. The third-order valence-corrected chi connectivity index (χ3v) is 6.08. The van der Waals surface area contributed by atoms with E-state index in [0.29, 0.717) is 48.6 Å². The Balaban J connectivity index is 1.80. The molecule has 30 heavy (non-hydrogen) atoms. The molecule has 1 aliphatic rings. The molecule has 9 nitrogen and oxygen atoms in total. The van der Waals surface area contributed by atoms with Gasteiger partial charge >= 0.3 is 0 Å². The van der Waals surface area contributed by atoms with Crippen LogP contribution in [0.5, 0.6) is 17.2 Å². The normalized spacial score (nSPS) is 16.0. The van der Waals surface area contributed by atoms with Gasteiger partial charge in [0.2, 0.25) is 10.9 Å². The predicted octanol–water partition coefficient (Wildman–Crippen LogP) is 3.27. The molecule has 2 heterocycles. The molecule has 0 atom stereocenters. The highest BCUT2D eigenvalue weighted by Crippen LogP contribution is 2.39. The van der Waals surface area contributed by atoms with E-state index in [1.54, 1.807) is 25.1 Å². The molecule has 0 radical (unpaired) electrons. The number of aromatic nitrogens is 1. The SMILES string of the molecule is COc1cc(/C=C2/S/C(=N\Nc3nc(C)c(C(C)=O)s3)NC2=O)cc(OC)c1OC. The molecule has 0 saturated carbocycles. The molecule has 1 amide bonds. The number of methoxy groups -OCH3 is 3. The van der Waals surface area contributed by atoms with Crippen molar-refractivity contribution < 1.29 is 23.8 Å². The number of rotatable bonds is 7. The number of ketones is 1. The summed E-state index contributed by atoms with van der Waals surface area (Å²) in [7, 11) is 4.58. The Hall–Kier alpha value is -3.05. The number of benzene rings is 1. The number of amidine groups is 1. The number of hydrogen-bond acceptors (Lipinski definition) is 10. The maximum absolute atomic E-state index is 12.3. The van der Waals surface area contributed by atoms with E-state index in [2.05, 4.69) is 20.8 Å². The predicted molar refractivity (Wildman–Crippen MR) is 118 cm³/mol. The summed E-state index contributed by atoms with van der Waals surface area (Å²) in [5, 5.41) is 7.70. The fourth-order valence-corrected chi connectivity index (χ4v) is 4.27. The van der Waals surface area contributed by atoms with Crippen LogP contribution in [0.3, 0.4) is 0 Å². The van der Waals surface area contributed by atoms with Gasteiger partial charge in [-0.15, -0.1) is 5.10 Å². The summed E-state index contributed by atoms with van der Waals surface area (Å²) in [6, 6.07) is 3.49. The average Bonchev–Trinajstić information content (AvgIpc) is 3.27. The highest BCUT2D eigenvalue weighted by molar-refractivity contribution is 8.18. The third kappa shape index (κ3) is 4.57. The molecule has 1 saturated heterocycles. The molecule has 1 aliphatic heterocycles. The van der Waals surface area contributed by atoms with Gasteiger partial charge in [0, 0.05) is 6.92 Å². The minimum Gasteiger partial charge on any atom is -0.493 e. The van der Waals surface area contributed by atoms with E-state index in [9.17, 15) is 9.59 Å². The van der Waals surface area contributed by atoms with E-state index in [4.69, 9.17) is 14.2 Å². The number of Topliss-reactive ketones (excluding diaryl/α,β-unsaturated/α-hetero) is 1. The first-order chi connectivity index (χ1) is 14.4. The number of hydrazone groups is 1. The molecule has 0 bridgehead atoms. The topological polar surface area (TPSA) is 111 Å². The monoisotopic (exact) mass is 448 g/mol. The highest BCUT2D eigenvalue weighted by Gasteiger charge is 2.25. The molecule has 0 spiro atoms. The number of nitrogens with one attached hydrogen (secondary N) is 2. The number of carbonyl (C=O) groups excluding carboxylic acids is 2. The summed E-state index contributed by atoms with van der Waals surface area (Å²) in [5.74, 6) is 1.12. The zero-order chi connectivity index (χ0) is 21.8. The second kappa shape index (κ2) is 9.18. The summed E-state index contributed by atoms with van der Waals surface area (Å²) in [5.41, 5.74) is 4.13. The van der Waals surface area contributed by atoms with Gasteiger partial charge in [-0.1, -0.05) is 11.3 Å². The lowest BCUT2D eigenvalue weighted by Gasteiger charge is -2.12. The molecule has 0 aliphatic carbocycles. The Morgan fingerprint density at radius 2 is 1.87 bits per heavy atom. The van der Waals surface area contributed by atoms with Crippen molar-refractivity contribution in [2.45, 2.75) is 13.8 Å². The quantitative estimate of drug-likeness (QED) is 0.377. The number of thioether (sulfide) groups is 1. The van der Waals surface area contributed by atoms with Crippen LogP contribution in [-0.4, -0.2) is 43.2 Å². The van der Waals surface area contributed by atoms with Gasteiger partial charge in [-0.25, -0.2) is 4.98 Å². The van der Waals surface area contributed by atoms with Gasteiger partial charge in [-0.3, -0.25) is 20.3 Å². The minimum absolute atomic E-state index is 0.0511. The molecular weight excluding hydrogens is 428 g/mol. The summed E-state index contributed by atoms with van der Waals surface area (Å²) >= 11 is 2.38. The first-order valence-electron chi connectivity index (χ1n) is 8.69. The fraction of sp³-hybridized carbons (Fsp3) is 0.263. The van der Waals surface area contributed by atoms with Crippen molar-refractivity contribution in [3.05, 3.63) is 33.2 Å². The van der Waals surface area contributed by atoms with Crippen molar-refractivity contribution in [2.24, 2.45) is 5.10 Å². The van der Waals surface area contributed by atoms with Crippen molar-refractivity contribution in [1.29, 1.82) is 0 Å². The van der Waals surface area contributed by atoms with Crippen LogP contribution in [-0.2, 0) is 4.79 Å². The molecule has 1 aromatic carbocycles. The van der Waals surface area contributed by atoms with Crippen LogP contribution in [0, 0.1) is 6.92 Å². The number of thiazole rings is 1. The molecule has 3 rings (SSSR count). The van der Waals surface area contributed by atoms with Crippen molar-refractivity contribution in [1.82, 2.24) is 10.3 Å². The lowest BCUT2D eigenvalue weighted by atomic mass is 10.1. The molecular formula is C19H20N4O5S2. The number of amides is 1. The van der Waals surface area contributed by atoms with E-state index < -0.39 is 0 Å². The van der Waals surface area contributed by atoms with Crippen LogP contribution in [0.4, 0.5) is 5.13 Å². The van der Waals surface area contributed by atoms with Crippen LogP contribution in [0.15, 0.2) is 22.1 Å². The summed E-state index contributed by atoms with van der Waals surface area (Å²) < 4.78 is 16.0. The molecule has 0 unspecified atom stereocenters. The van der Waals surface area contributed by atoms with Crippen LogP contribution in [0.1, 0.15) is 27.9 Å². The summed E-state index contributed by atoms with van der Waals surface area (Å²) in [6.07, 6.45) is 1.70. The minimum atomic E-state index is -0.283. The summed E-state index contributed by atoms with van der Waals surface area (Å²) in [4.78, 5) is 29.1. The Labute approximate surface area is 181 Å². The lowest BCUT2D eigenvalue weighted by molar-refractivity contribution is -0.115. The van der Waals surface area contributed by atoms with E-state index in [1.165, 1.54) is 51.4 Å². The Kier molecular flexibility index (Phi) is 6.63. The number of carbonyl (C=O) groups is 2. The average molecular weight is 449 g/mol. The molecule has 158 valence electrons. The number of hydrogen-bond donors (Lipinski definition) is 2. The first kappa shape index (κ1) is 21.7. The van der Waals surface area contributed by atoms with Gasteiger partial charge in [0.15, 0.2) is 22.4 Å². The van der Waals surface area contributed by atoms with Crippen LogP contribution in [0.25, 0.3) is 6.08 Å². The standard InChI is InChI=1S/C19H20N4O5S2/c1-9-16(10(2)24)30-18(20-9)22-23-19-21-17(25)14(29-19)8-11-6-12(26-3)15(28-5)13(7-11)27-4/h6-8H,1-5H3,(H,20,22)(H,21,23,25)/b14-8+. The molecule has 2 aromatic rings. The van der Waals surface area contributed by atoms with Crippen LogP contribution < -0.4 is 25.0 Å². The second-order valence-electron chi connectivity index (χ2n) is 6.04. The maximum Gasteiger partial charge on any atom is 0.264 e. The van der Waals surface area contributed by atoms with Gasteiger partial charge in [0.25, 0.3) is 5.91 Å². The third-order valence-electron chi connectivity index (χ3n) is 4.01. The molecule has 1 aromatic heterocycles. The lowest BCUT2D eigenvalue weighted by Crippen LogP contribution is -2.20. The highest BCUT2D eigenvalue weighted by atomic mass is 32.2. The largest absolute Gasteiger partial charge is 0.493 e. The van der Waals surface area contributed by atoms with Crippen LogP contribution in [0.2, 0.25) is 0 Å². The smallest absolute Gasteiger partial charge is 0.264 e. The van der Waals surface area contributed by atoms with Crippen molar-refractivity contribution in [3.8, 4) is 17.2 Å². The van der Waals surface area contributed by atoms with Crippen molar-refractivity contribution in [3.63, 3.8) is 0 Å². The number of aryl methyl sites for hydroxylation is 1. The molecule has 2 N–H and O–H groups in total.